The number of sulfonamides is 1. The lowest BCUT2D eigenvalue weighted by Gasteiger charge is -2.04. The van der Waals surface area contributed by atoms with Crippen LogP contribution in [0, 0.1) is 6.92 Å². The molecule has 0 aliphatic heterocycles. The highest BCUT2D eigenvalue weighted by atomic mass is 35.5. The van der Waals surface area contributed by atoms with E-state index >= 15 is 0 Å². The molecule has 1 aromatic rings. The molecule has 0 saturated carbocycles. The fourth-order valence-electron chi connectivity index (χ4n) is 0.993. The molecule has 0 aromatic carbocycles. The molecule has 0 saturated heterocycles. The molecule has 10 heteroatoms. The van der Waals surface area contributed by atoms with Crippen molar-refractivity contribution in [1.29, 1.82) is 0 Å². The first-order valence-corrected chi connectivity index (χ1v) is 7.05. The quantitative estimate of drug-likeness (QED) is 0.768. The molecule has 0 atom stereocenters. The molecule has 0 spiro atoms. The Morgan fingerprint density at radius 2 is 2.29 bits per heavy atom. The average Bonchev–Trinajstić information content (AvgIpc) is 2.53. The summed E-state index contributed by atoms with van der Waals surface area (Å²) < 4.78 is 30.3. The standard InChI is InChI=1S/C7H10ClN3O4S2/c1-4-5(16-6(8)11-4)17(13,14)10-2-3-15-7(9)12/h10H,2-3H2,1H3,(H2,9,12). The van der Waals surface area contributed by atoms with Gasteiger partial charge in [0.1, 0.15) is 6.61 Å². The third-order valence-electron chi connectivity index (χ3n) is 1.61. The van der Waals surface area contributed by atoms with E-state index in [1.165, 1.54) is 6.92 Å². The number of halogens is 1. The van der Waals surface area contributed by atoms with Crippen LogP contribution in [-0.2, 0) is 14.8 Å². The first-order chi connectivity index (χ1) is 7.83. The van der Waals surface area contributed by atoms with Gasteiger partial charge in [0, 0.05) is 6.54 Å². The lowest BCUT2D eigenvalue weighted by atomic mass is 10.6. The van der Waals surface area contributed by atoms with Crippen LogP contribution < -0.4 is 10.5 Å². The number of nitrogens with two attached hydrogens (primary N) is 1. The van der Waals surface area contributed by atoms with Crippen LogP contribution in [0.25, 0.3) is 0 Å². The van der Waals surface area contributed by atoms with Gasteiger partial charge in [0.25, 0.3) is 10.0 Å². The summed E-state index contributed by atoms with van der Waals surface area (Å²) in [5.41, 5.74) is 5.04. The molecule has 1 heterocycles. The second-order valence-corrected chi connectivity index (χ2v) is 6.45. The topological polar surface area (TPSA) is 111 Å². The molecule has 17 heavy (non-hydrogen) atoms. The minimum atomic E-state index is -3.68. The molecule has 1 rings (SSSR count). The van der Waals surface area contributed by atoms with Gasteiger partial charge < -0.3 is 10.5 Å². The zero-order valence-corrected chi connectivity index (χ0v) is 11.2. The number of hydrogen-bond donors (Lipinski definition) is 2. The van der Waals surface area contributed by atoms with Gasteiger partial charge in [0.15, 0.2) is 8.68 Å². The predicted molar refractivity (Wildman–Crippen MR) is 62.6 cm³/mol. The number of nitrogens with zero attached hydrogens (tertiary/aromatic N) is 1. The van der Waals surface area contributed by atoms with Crippen LogP contribution in [0.2, 0.25) is 4.47 Å². The molecular weight excluding hydrogens is 290 g/mol. The van der Waals surface area contributed by atoms with Crippen molar-refractivity contribution in [3.05, 3.63) is 10.2 Å². The largest absolute Gasteiger partial charge is 0.448 e. The van der Waals surface area contributed by atoms with E-state index in [1.54, 1.807) is 0 Å². The number of hydrogen-bond acceptors (Lipinski definition) is 6. The van der Waals surface area contributed by atoms with Gasteiger partial charge >= 0.3 is 6.09 Å². The fourth-order valence-corrected chi connectivity index (χ4v) is 3.79. The minimum Gasteiger partial charge on any atom is -0.448 e. The van der Waals surface area contributed by atoms with Crippen molar-refractivity contribution in [2.45, 2.75) is 11.1 Å². The van der Waals surface area contributed by atoms with Crippen LogP contribution in [0.15, 0.2) is 4.21 Å². The monoisotopic (exact) mass is 299 g/mol. The molecule has 0 bridgehead atoms. The number of aryl methyl sites for hydroxylation is 1. The summed E-state index contributed by atoms with van der Waals surface area (Å²) in [5.74, 6) is 0. The van der Waals surface area contributed by atoms with Gasteiger partial charge in [-0.15, -0.1) is 0 Å². The smallest absolute Gasteiger partial charge is 0.404 e. The van der Waals surface area contributed by atoms with Crippen molar-refractivity contribution in [2.75, 3.05) is 13.2 Å². The van der Waals surface area contributed by atoms with Crippen molar-refractivity contribution in [2.24, 2.45) is 5.73 Å². The summed E-state index contributed by atoms with van der Waals surface area (Å²) in [6, 6.07) is 0. The molecule has 1 aromatic heterocycles. The lowest BCUT2D eigenvalue weighted by Crippen LogP contribution is -2.29. The maximum absolute atomic E-state index is 11.7. The van der Waals surface area contributed by atoms with Crippen molar-refractivity contribution < 1.29 is 17.9 Å². The fraction of sp³-hybridized carbons (Fsp3) is 0.429. The van der Waals surface area contributed by atoms with Crippen molar-refractivity contribution in [1.82, 2.24) is 9.71 Å². The molecule has 0 radical (unpaired) electrons. The lowest BCUT2D eigenvalue weighted by molar-refractivity contribution is 0.159. The zero-order valence-electron chi connectivity index (χ0n) is 8.77. The maximum atomic E-state index is 11.7. The van der Waals surface area contributed by atoms with E-state index < -0.39 is 16.1 Å². The number of rotatable bonds is 5. The number of thiazole rings is 1. The molecule has 0 unspecified atom stereocenters. The number of carbonyl (C=O) groups excluding carboxylic acids is 1. The van der Waals surface area contributed by atoms with Crippen LogP contribution in [0.4, 0.5) is 4.79 Å². The van der Waals surface area contributed by atoms with Crippen LogP contribution in [0.3, 0.4) is 0 Å². The Morgan fingerprint density at radius 1 is 1.65 bits per heavy atom. The van der Waals surface area contributed by atoms with E-state index in [0.29, 0.717) is 5.69 Å². The SMILES string of the molecule is Cc1nc(Cl)sc1S(=O)(=O)NCCOC(N)=O. The molecule has 3 N–H and O–H groups in total. The zero-order chi connectivity index (χ0) is 13.1. The van der Waals surface area contributed by atoms with Gasteiger partial charge in [-0.25, -0.2) is 22.9 Å². The Balaban J connectivity index is 2.63. The molecule has 0 aliphatic rings. The first-order valence-electron chi connectivity index (χ1n) is 4.38. The number of nitrogens with one attached hydrogen (secondary N) is 1. The van der Waals surface area contributed by atoms with Crippen LogP contribution >= 0.6 is 22.9 Å². The van der Waals surface area contributed by atoms with E-state index in [-0.39, 0.29) is 21.8 Å². The Morgan fingerprint density at radius 3 is 2.76 bits per heavy atom. The van der Waals surface area contributed by atoms with E-state index in [4.69, 9.17) is 17.3 Å². The second-order valence-electron chi connectivity index (χ2n) is 2.90. The van der Waals surface area contributed by atoms with Crippen molar-refractivity contribution in [3.63, 3.8) is 0 Å². The molecule has 0 aliphatic carbocycles. The second kappa shape index (κ2) is 5.63. The summed E-state index contributed by atoms with van der Waals surface area (Å²) in [6.07, 6.45) is -0.957. The van der Waals surface area contributed by atoms with Crippen LogP contribution in [0.5, 0.6) is 0 Å². The summed E-state index contributed by atoms with van der Waals surface area (Å²) in [7, 11) is -3.68. The van der Waals surface area contributed by atoms with Gasteiger partial charge in [-0.05, 0) is 6.92 Å². The van der Waals surface area contributed by atoms with Crippen molar-refractivity contribution in [3.8, 4) is 0 Å². The summed E-state index contributed by atoms with van der Waals surface area (Å²) in [5, 5.41) is 0. The highest BCUT2D eigenvalue weighted by Gasteiger charge is 2.20. The van der Waals surface area contributed by atoms with E-state index in [2.05, 4.69) is 14.4 Å². The van der Waals surface area contributed by atoms with Crippen LogP contribution in [-0.4, -0.2) is 32.6 Å². The maximum Gasteiger partial charge on any atom is 0.404 e. The molecule has 0 fully saturated rings. The van der Waals surface area contributed by atoms with Gasteiger partial charge in [-0.2, -0.15) is 0 Å². The number of amides is 1. The molecule has 7 nitrogen and oxygen atoms in total. The Kier molecular flexibility index (Phi) is 4.69. The average molecular weight is 300 g/mol. The third kappa shape index (κ3) is 4.11. The Labute approximate surface area is 107 Å². The van der Waals surface area contributed by atoms with Crippen LogP contribution in [0.1, 0.15) is 5.69 Å². The Bertz CT molecular complexity index is 513. The molecular formula is C7H10ClN3O4S2. The summed E-state index contributed by atoms with van der Waals surface area (Å²) in [6.45, 7) is 1.33. The predicted octanol–water partition coefficient (Wildman–Crippen LogP) is 0.479. The van der Waals surface area contributed by atoms with Gasteiger partial charge in [-0.1, -0.05) is 22.9 Å². The number of primary amides is 1. The minimum absolute atomic E-state index is 0.0431. The molecule has 96 valence electrons. The highest BCUT2D eigenvalue weighted by Crippen LogP contribution is 2.26. The van der Waals surface area contributed by atoms with E-state index in [0.717, 1.165) is 11.3 Å². The van der Waals surface area contributed by atoms with E-state index in [9.17, 15) is 13.2 Å². The van der Waals surface area contributed by atoms with Gasteiger partial charge in [0.2, 0.25) is 0 Å². The number of ether oxygens (including phenoxy) is 1. The first kappa shape index (κ1) is 14.2. The normalized spacial score (nSPS) is 11.4. The number of carbonyl (C=O) groups is 1. The molecule has 1 amide bonds. The summed E-state index contributed by atoms with van der Waals surface area (Å²) in [4.78, 5) is 14.0. The summed E-state index contributed by atoms with van der Waals surface area (Å²) >= 11 is 6.46. The Hall–Kier alpha value is -0.900. The van der Waals surface area contributed by atoms with Gasteiger partial charge in [0.05, 0.1) is 5.69 Å². The number of aromatic nitrogens is 1. The highest BCUT2D eigenvalue weighted by molar-refractivity contribution is 7.91. The van der Waals surface area contributed by atoms with E-state index in [1.807, 2.05) is 0 Å². The third-order valence-corrected chi connectivity index (χ3v) is 4.94. The van der Waals surface area contributed by atoms with Crippen molar-refractivity contribution >= 4 is 39.1 Å². The van der Waals surface area contributed by atoms with Gasteiger partial charge in [-0.3, -0.25) is 0 Å².